The largest absolute Gasteiger partial charge is 0.481 e. The number of hydrogen-bond donors (Lipinski definition) is 2. The molecule has 110 valence electrons. The first-order valence-corrected chi connectivity index (χ1v) is 7.00. The predicted molar refractivity (Wildman–Crippen MR) is 80.6 cm³/mol. The summed E-state index contributed by atoms with van der Waals surface area (Å²) < 4.78 is 0. The highest BCUT2D eigenvalue weighted by Gasteiger charge is 2.12. The Bertz CT molecular complexity index is 673. The number of aromatic nitrogens is 1. The SMILES string of the molecule is O=C(O)CCCCNC(=O)c1ccc(Cl)c2cccnc12. The Morgan fingerprint density at radius 1 is 1.24 bits per heavy atom. The van der Waals surface area contributed by atoms with E-state index in [2.05, 4.69) is 10.3 Å². The van der Waals surface area contributed by atoms with Gasteiger partial charge in [-0.2, -0.15) is 0 Å². The van der Waals surface area contributed by atoms with Gasteiger partial charge in [-0.05, 0) is 37.1 Å². The van der Waals surface area contributed by atoms with Crippen LogP contribution in [0.1, 0.15) is 29.6 Å². The molecule has 0 fully saturated rings. The number of fused-ring (bicyclic) bond motifs is 1. The van der Waals surface area contributed by atoms with Crippen LogP contribution < -0.4 is 5.32 Å². The molecule has 0 spiro atoms. The molecular formula is C15H15ClN2O3. The quantitative estimate of drug-likeness (QED) is 0.804. The van der Waals surface area contributed by atoms with Crippen molar-refractivity contribution in [3.05, 3.63) is 41.0 Å². The maximum Gasteiger partial charge on any atom is 0.303 e. The van der Waals surface area contributed by atoms with E-state index in [0.29, 0.717) is 35.5 Å². The monoisotopic (exact) mass is 306 g/mol. The minimum absolute atomic E-state index is 0.112. The molecule has 1 aromatic carbocycles. The summed E-state index contributed by atoms with van der Waals surface area (Å²) in [4.78, 5) is 26.8. The van der Waals surface area contributed by atoms with E-state index < -0.39 is 5.97 Å². The number of carbonyl (C=O) groups is 2. The molecule has 0 unspecified atom stereocenters. The molecule has 2 rings (SSSR count). The van der Waals surface area contributed by atoms with E-state index in [0.717, 1.165) is 5.39 Å². The number of benzene rings is 1. The lowest BCUT2D eigenvalue weighted by Crippen LogP contribution is -2.25. The summed E-state index contributed by atoms with van der Waals surface area (Å²) >= 11 is 6.08. The lowest BCUT2D eigenvalue weighted by Gasteiger charge is -2.08. The molecule has 2 N–H and O–H groups in total. The van der Waals surface area contributed by atoms with Crippen molar-refractivity contribution < 1.29 is 14.7 Å². The lowest BCUT2D eigenvalue weighted by atomic mass is 10.1. The van der Waals surface area contributed by atoms with Crippen molar-refractivity contribution in [1.29, 1.82) is 0 Å². The molecule has 5 nitrogen and oxygen atoms in total. The van der Waals surface area contributed by atoms with Gasteiger partial charge >= 0.3 is 5.97 Å². The number of rotatable bonds is 6. The third kappa shape index (κ3) is 3.92. The number of carboxylic acids is 1. The zero-order chi connectivity index (χ0) is 15.2. The first-order chi connectivity index (χ1) is 10.1. The molecule has 1 amide bonds. The van der Waals surface area contributed by atoms with E-state index in [4.69, 9.17) is 16.7 Å². The summed E-state index contributed by atoms with van der Waals surface area (Å²) in [6, 6.07) is 6.89. The normalized spacial score (nSPS) is 10.5. The molecule has 0 saturated carbocycles. The lowest BCUT2D eigenvalue weighted by molar-refractivity contribution is -0.137. The summed E-state index contributed by atoms with van der Waals surface area (Å²) in [5, 5.41) is 12.6. The average molecular weight is 307 g/mol. The average Bonchev–Trinajstić information content (AvgIpc) is 2.47. The second-order valence-corrected chi connectivity index (χ2v) is 5.01. The molecule has 0 atom stereocenters. The van der Waals surface area contributed by atoms with Crippen LogP contribution in [0.5, 0.6) is 0 Å². The second kappa shape index (κ2) is 7.04. The molecule has 0 aliphatic heterocycles. The molecule has 1 aromatic heterocycles. The van der Waals surface area contributed by atoms with Gasteiger partial charge in [-0.15, -0.1) is 0 Å². The smallest absolute Gasteiger partial charge is 0.303 e. The number of amides is 1. The van der Waals surface area contributed by atoms with E-state index in [1.54, 1.807) is 24.4 Å². The van der Waals surface area contributed by atoms with E-state index in [1.165, 1.54) is 0 Å². The van der Waals surface area contributed by atoms with Crippen LogP contribution in [-0.4, -0.2) is 28.5 Å². The van der Waals surface area contributed by atoms with Gasteiger partial charge in [-0.1, -0.05) is 11.6 Å². The van der Waals surface area contributed by atoms with Crippen molar-refractivity contribution in [2.24, 2.45) is 0 Å². The minimum atomic E-state index is -0.825. The number of unbranched alkanes of at least 4 members (excludes halogenated alkanes) is 1. The van der Waals surface area contributed by atoms with Crippen LogP contribution in [0.25, 0.3) is 10.9 Å². The summed E-state index contributed by atoms with van der Waals surface area (Å²) in [6.07, 6.45) is 2.88. The molecule has 0 bridgehead atoms. The fourth-order valence-corrected chi connectivity index (χ4v) is 2.23. The Labute approximate surface area is 126 Å². The van der Waals surface area contributed by atoms with Crippen molar-refractivity contribution in [2.75, 3.05) is 6.54 Å². The van der Waals surface area contributed by atoms with Crippen LogP contribution in [0.15, 0.2) is 30.5 Å². The minimum Gasteiger partial charge on any atom is -0.481 e. The fourth-order valence-electron chi connectivity index (χ4n) is 2.02. The van der Waals surface area contributed by atoms with Crippen molar-refractivity contribution in [2.45, 2.75) is 19.3 Å². The van der Waals surface area contributed by atoms with Crippen molar-refractivity contribution >= 4 is 34.4 Å². The number of halogens is 1. The van der Waals surface area contributed by atoms with Crippen molar-refractivity contribution in [1.82, 2.24) is 10.3 Å². The van der Waals surface area contributed by atoms with E-state index in [9.17, 15) is 9.59 Å². The van der Waals surface area contributed by atoms with Gasteiger partial charge in [0.15, 0.2) is 0 Å². The van der Waals surface area contributed by atoms with Crippen LogP contribution in [0, 0.1) is 0 Å². The molecule has 1 heterocycles. The Morgan fingerprint density at radius 2 is 2.05 bits per heavy atom. The van der Waals surface area contributed by atoms with Gasteiger partial charge in [-0.25, -0.2) is 0 Å². The highest BCUT2D eigenvalue weighted by molar-refractivity contribution is 6.36. The predicted octanol–water partition coefficient (Wildman–Crippen LogP) is 2.87. The first-order valence-electron chi connectivity index (χ1n) is 6.63. The molecule has 21 heavy (non-hydrogen) atoms. The van der Waals surface area contributed by atoms with E-state index in [-0.39, 0.29) is 12.3 Å². The van der Waals surface area contributed by atoms with E-state index >= 15 is 0 Å². The first kappa shape index (κ1) is 15.3. The number of carboxylic acid groups (broad SMARTS) is 1. The zero-order valence-corrected chi connectivity index (χ0v) is 12.1. The standard InChI is InChI=1S/C15H15ClN2O3/c16-12-7-6-11(14-10(12)4-3-9-17-14)15(21)18-8-2-1-5-13(19)20/h3-4,6-7,9H,1-2,5,8H2,(H,18,21)(H,19,20). The Kier molecular flexibility index (Phi) is 5.11. The third-order valence-electron chi connectivity index (χ3n) is 3.06. The summed E-state index contributed by atoms with van der Waals surface area (Å²) in [6.45, 7) is 0.434. The van der Waals surface area contributed by atoms with Crippen LogP contribution in [-0.2, 0) is 4.79 Å². The number of nitrogens with zero attached hydrogens (tertiary/aromatic N) is 1. The van der Waals surface area contributed by atoms with Crippen molar-refractivity contribution in [3.8, 4) is 0 Å². The van der Waals surface area contributed by atoms with Gasteiger partial charge in [-0.3, -0.25) is 14.6 Å². The number of aliphatic carboxylic acids is 1. The van der Waals surface area contributed by atoms with Crippen LogP contribution >= 0.6 is 11.6 Å². The maximum atomic E-state index is 12.2. The van der Waals surface area contributed by atoms with Gasteiger partial charge in [0.05, 0.1) is 16.1 Å². The summed E-state index contributed by atoms with van der Waals surface area (Å²) in [5.74, 6) is -1.06. The molecule has 0 radical (unpaired) electrons. The molecular weight excluding hydrogens is 292 g/mol. The number of carbonyl (C=O) groups excluding carboxylic acids is 1. The van der Waals surface area contributed by atoms with Gasteiger partial charge in [0, 0.05) is 24.5 Å². The Morgan fingerprint density at radius 3 is 2.81 bits per heavy atom. The number of hydrogen-bond acceptors (Lipinski definition) is 3. The molecule has 0 saturated heterocycles. The Hall–Kier alpha value is -2.14. The highest BCUT2D eigenvalue weighted by atomic mass is 35.5. The molecule has 0 aliphatic carbocycles. The molecule has 6 heteroatoms. The van der Waals surface area contributed by atoms with Crippen molar-refractivity contribution in [3.63, 3.8) is 0 Å². The van der Waals surface area contributed by atoms with Crippen LogP contribution in [0.4, 0.5) is 0 Å². The highest BCUT2D eigenvalue weighted by Crippen LogP contribution is 2.24. The van der Waals surface area contributed by atoms with E-state index in [1.807, 2.05) is 6.07 Å². The number of nitrogens with one attached hydrogen (secondary N) is 1. The molecule has 2 aromatic rings. The number of pyridine rings is 1. The molecule has 0 aliphatic rings. The van der Waals surface area contributed by atoms with Crippen LogP contribution in [0.2, 0.25) is 5.02 Å². The third-order valence-corrected chi connectivity index (χ3v) is 3.39. The maximum absolute atomic E-state index is 12.2. The van der Waals surface area contributed by atoms with Gasteiger partial charge in [0.2, 0.25) is 0 Å². The van der Waals surface area contributed by atoms with Gasteiger partial charge < -0.3 is 10.4 Å². The zero-order valence-electron chi connectivity index (χ0n) is 11.3. The van der Waals surface area contributed by atoms with Gasteiger partial charge in [0.25, 0.3) is 5.91 Å². The van der Waals surface area contributed by atoms with Gasteiger partial charge in [0.1, 0.15) is 0 Å². The van der Waals surface area contributed by atoms with Crippen LogP contribution in [0.3, 0.4) is 0 Å². The summed E-state index contributed by atoms with van der Waals surface area (Å²) in [7, 11) is 0. The second-order valence-electron chi connectivity index (χ2n) is 4.60. The fraction of sp³-hybridized carbons (Fsp3) is 0.267. The topological polar surface area (TPSA) is 79.3 Å². The summed E-state index contributed by atoms with van der Waals surface area (Å²) in [5.41, 5.74) is 1.03. The Balaban J connectivity index is 2.03.